The van der Waals surface area contributed by atoms with Gasteiger partial charge in [0, 0.05) is 13.0 Å². The van der Waals surface area contributed by atoms with Crippen LogP contribution in [0.2, 0.25) is 0 Å². The van der Waals surface area contributed by atoms with Crippen molar-refractivity contribution < 1.29 is 24.0 Å². The van der Waals surface area contributed by atoms with Crippen molar-refractivity contribution in [3.63, 3.8) is 0 Å². The van der Waals surface area contributed by atoms with Gasteiger partial charge in [0.05, 0.1) is 11.1 Å². The molecule has 2 aliphatic rings. The summed E-state index contributed by atoms with van der Waals surface area (Å²) in [6, 6.07) is 3.77. The van der Waals surface area contributed by atoms with Crippen molar-refractivity contribution in [2.24, 2.45) is 0 Å². The summed E-state index contributed by atoms with van der Waals surface area (Å²) in [4.78, 5) is 61.4. The lowest BCUT2D eigenvalue weighted by Crippen LogP contribution is -2.54. The third-order valence-electron chi connectivity index (χ3n) is 4.33. The maximum atomic E-state index is 12.8. The number of fused-ring (bicyclic) bond motifs is 1. The summed E-state index contributed by atoms with van der Waals surface area (Å²) in [6.45, 7) is 1.79. The number of hydrogen-bond acceptors (Lipinski definition) is 5. The summed E-state index contributed by atoms with van der Waals surface area (Å²) < 4.78 is 0. The summed E-state index contributed by atoms with van der Waals surface area (Å²) in [5.41, 5.74) is 0.869. The third kappa shape index (κ3) is 3.01. The number of carbonyl (C=O) groups excluding carboxylic acids is 5. The van der Waals surface area contributed by atoms with E-state index in [1.165, 1.54) is 12.1 Å². The van der Waals surface area contributed by atoms with Crippen LogP contribution in [0, 0.1) is 0 Å². The van der Waals surface area contributed by atoms with E-state index in [0.29, 0.717) is 5.56 Å². The molecule has 3 rings (SSSR count). The van der Waals surface area contributed by atoms with Gasteiger partial charge in [0.1, 0.15) is 6.04 Å². The van der Waals surface area contributed by atoms with Crippen LogP contribution in [0.3, 0.4) is 0 Å². The maximum Gasteiger partial charge on any atom is 0.262 e. The highest BCUT2D eigenvalue weighted by Crippen LogP contribution is 2.29. The predicted molar refractivity (Wildman–Crippen MR) is 89.8 cm³/mol. The van der Waals surface area contributed by atoms with Gasteiger partial charge >= 0.3 is 0 Å². The number of nitrogens with one attached hydrogen (secondary N) is 2. The summed E-state index contributed by atoms with van der Waals surface area (Å²) >= 11 is 0. The zero-order valence-electron chi connectivity index (χ0n) is 14.1. The van der Waals surface area contributed by atoms with Crippen molar-refractivity contribution in [2.75, 3.05) is 0 Å². The highest BCUT2D eigenvalue weighted by Gasteiger charge is 2.45. The maximum absolute atomic E-state index is 12.8. The number of amides is 5. The van der Waals surface area contributed by atoms with Crippen LogP contribution in [0.4, 0.5) is 0 Å². The molecule has 134 valence electrons. The zero-order chi connectivity index (χ0) is 18.8. The normalized spacial score (nSPS) is 19.7. The Morgan fingerprint density at radius 1 is 1.27 bits per heavy atom. The minimum absolute atomic E-state index is 0.0656. The summed E-state index contributed by atoms with van der Waals surface area (Å²) in [6.07, 6.45) is 3.11. The number of hydrogen-bond donors (Lipinski definition) is 2. The van der Waals surface area contributed by atoms with E-state index < -0.39 is 29.7 Å². The second-order valence-electron chi connectivity index (χ2n) is 6.00. The van der Waals surface area contributed by atoms with Gasteiger partial charge in [-0.2, -0.15) is 0 Å². The molecule has 2 aliphatic heterocycles. The molecule has 1 atom stereocenters. The molecule has 1 aromatic rings. The molecule has 26 heavy (non-hydrogen) atoms. The van der Waals surface area contributed by atoms with E-state index in [1.807, 2.05) is 0 Å². The van der Waals surface area contributed by atoms with Crippen molar-refractivity contribution in [3.8, 4) is 0 Å². The first kappa shape index (κ1) is 17.5. The molecule has 1 unspecified atom stereocenters. The van der Waals surface area contributed by atoms with Gasteiger partial charge in [0.25, 0.3) is 11.8 Å². The Labute approximate surface area is 149 Å². The van der Waals surface area contributed by atoms with Crippen LogP contribution in [0.1, 0.15) is 46.0 Å². The van der Waals surface area contributed by atoms with Gasteiger partial charge in [0.15, 0.2) is 0 Å². The molecule has 0 spiro atoms. The molecule has 1 saturated heterocycles. The second kappa shape index (κ2) is 6.91. The average Bonchev–Trinajstić information content (AvgIpc) is 2.85. The van der Waals surface area contributed by atoms with Gasteiger partial charge in [-0.15, -0.1) is 0 Å². The molecule has 0 bridgehead atoms. The lowest BCUT2D eigenvalue weighted by molar-refractivity contribution is -0.136. The van der Waals surface area contributed by atoms with Crippen LogP contribution in [0.15, 0.2) is 30.4 Å². The molecule has 8 nitrogen and oxygen atoms in total. The van der Waals surface area contributed by atoms with E-state index in [4.69, 9.17) is 0 Å². The lowest BCUT2D eigenvalue weighted by Gasteiger charge is -2.27. The SMILES string of the molecule is C/C=C/C(=O)NCc1cccc2c1C(=O)N(C1CCC(=O)NC1=O)C2=O. The van der Waals surface area contributed by atoms with E-state index in [-0.39, 0.29) is 36.4 Å². The smallest absolute Gasteiger partial charge is 0.262 e. The lowest BCUT2D eigenvalue weighted by atomic mass is 10.0. The van der Waals surface area contributed by atoms with Crippen LogP contribution in [-0.4, -0.2) is 40.5 Å². The fourth-order valence-corrected chi connectivity index (χ4v) is 3.12. The van der Waals surface area contributed by atoms with Crippen molar-refractivity contribution in [1.29, 1.82) is 0 Å². The van der Waals surface area contributed by atoms with Gasteiger partial charge in [0.2, 0.25) is 17.7 Å². The number of carbonyl (C=O) groups is 5. The topological polar surface area (TPSA) is 113 Å². The van der Waals surface area contributed by atoms with Crippen LogP contribution in [0.5, 0.6) is 0 Å². The van der Waals surface area contributed by atoms with Crippen molar-refractivity contribution in [1.82, 2.24) is 15.5 Å². The quantitative estimate of drug-likeness (QED) is 0.595. The third-order valence-corrected chi connectivity index (χ3v) is 4.33. The standard InChI is InChI=1S/C18H17N3O5/c1-2-4-13(22)19-9-10-5-3-6-11-15(10)18(26)21(17(11)25)12-7-8-14(23)20-16(12)24/h2-6,12H,7-9H2,1H3,(H,19,22)(H,20,23,24)/b4-2+. The largest absolute Gasteiger partial charge is 0.348 e. The minimum Gasteiger partial charge on any atom is -0.348 e. The van der Waals surface area contributed by atoms with Crippen LogP contribution in [0.25, 0.3) is 0 Å². The minimum atomic E-state index is -1.01. The highest BCUT2D eigenvalue weighted by atomic mass is 16.2. The van der Waals surface area contributed by atoms with Crippen molar-refractivity contribution >= 4 is 29.5 Å². The van der Waals surface area contributed by atoms with Gasteiger partial charge < -0.3 is 5.32 Å². The molecule has 0 aromatic heterocycles. The number of nitrogens with zero attached hydrogens (tertiary/aromatic N) is 1. The van der Waals surface area contributed by atoms with Gasteiger partial charge in [-0.1, -0.05) is 18.2 Å². The molecule has 0 aliphatic carbocycles. The molecular weight excluding hydrogens is 338 g/mol. The number of rotatable bonds is 4. The Morgan fingerprint density at radius 2 is 2.04 bits per heavy atom. The van der Waals surface area contributed by atoms with Gasteiger partial charge in [-0.05, 0) is 31.1 Å². The number of imide groups is 2. The highest BCUT2D eigenvalue weighted by molar-refractivity contribution is 6.24. The van der Waals surface area contributed by atoms with Crippen LogP contribution < -0.4 is 10.6 Å². The molecule has 2 heterocycles. The van der Waals surface area contributed by atoms with Gasteiger partial charge in [-0.3, -0.25) is 34.2 Å². The fraction of sp³-hybridized carbons (Fsp3) is 0.278. The van der Waals surface area contributed by atoms with E-state index in [9.17, 15) is 24.0 Å². The van der Waals surface area contributed by atoms with Crippen molar-refractivity contribution in [3.05, 3.63) is 47.0 Å². The Morgan fingerprint density at radius 3 is 2.73 bits per heavy atom. The van der Waals surface area contributed by atoms with E-state index >= 15 is 0 Å². The summed E-state index contributed by atoms with van der Waals surface area (Å²) in [5, 5.41) is 4.80. The van der Waals surface area contributed by atoms with Crippen molar-refractivity contribution in [2.45, 2.75) is 32.4 Å². The summed E-state index contributed by atoms with van der Waals surface area (Å²) in [5.74, 6) is -2.55. The predicted octanol–water partition coefficient (Wildman–Crippen LogP) is 0.280. The molecule has 5 amide bonds. The number of benzene rings is 1. The number of allylic oxidation sites excluding steroid dienone is 1. The Balaban J connectivity index is 1.88. The zero-order valence-corrected chi connectivity index (χ0v) is 14.1. The molecule has 2 N–H and O–H groups in total. The molecule has 0 radical (unpaired) electrons. The fourth-order valence-electron chi connectivity index (χ4n) is 3.12. The Bertz CT molecular complexity index is 858. The second-order valence-corrected chi connectivity index (χ2v) is 6.00. The molecular formula is C18H17N3O5. The van der Waals surface area contributed by atoms with Crippen LogP contribution >= 0.6 is 0 Å². The van der Waals surface area contributed by atoms with Crippen LogP contribution in [-0.2, 0) is 20.9 Å². The van der Waals surface area contributed by atoms with E-state index in [2.05, 4.69) is 10.6 Å². The molecule has 1 aromatic carbocycles. The summed E-state index contributed by atoms with van der Waals surface area (Å²) in [7, 11) is 0. The molecule has 8 heteroatoms. The first-order valence-electron chi connectivity index (χ1n) is 8.18. The van der Waals surface area contributed by atoms with E-state index in [1.54, 1.807) is 25.1 Å². The first-order valence-corrected chi connectivity index (χ1v) is 8.18. The molecule has 0 saturated carbocycles. The monoisotopic (exact) mass is 355 g/mol. The number of piperidine rings is 1. The molecule has 1 fully saturated rings. The first-order chi connectivity index (χ1) is 12.4. The average molecular weight is 355 g/mol. The van der Waals surface area contributed by atoms with Gasteiger partial charge in [-0.25, -0.2) is 0 Å². The Kier molecular flexibility index (Phi) is 4.66. The van der Waals surface area contributed by atoms with E-state index in [0.717, 1.165) is 4.90 Å². The Hall–Kier alpha value is -3.29.